The van der Waals surface area contributed by atoms with Gasteiger partial charge in [-0.1, -0.05) is 26.8 Å². The van der Waals surface area contributed by atoms with Crippen molar-refractivity contribution in [1.29, 1.82) is 0 Å². The maximum absolute atomic E-state index is 5.57. The van der Waals surface area contributed by atoms with Gasteiger partial charge in [-0.3, -0.25) is 0 Å². The van der Waals surface area contributed by atoms with Crippen molar-refractivity contribution in [3.63, 3.8) is 0 Å². The second-order valence-corrected chi connectivity index (χ2v) is 10.0. The molecule has 0 amide bonds. The molecule has 0 unspecified atom stereocenters. The lowest BCUT2D eigenvalue weighted by Crippen LogP contribution is -2.39. The number of morpholine rings is 2. The average Bonchev–Trinajstić information content (AvgIpc) is 2.80. The monoisotopic (exact) mass is 438 g/mol. The first-order valence-electron chi connectivity index (χ1n) is 11.9. The molecule has 6 heteroatoms. The summed E-state index contributed by atoms with van der Waals surface area (Å²) >= 11 is 0. The first kappa shape index (κ1) is 22.9. The summed E-state index contributed by atoms with van der Waals surface area (Å²) in [6.07, 6.45) is 1.13. The van der Waals surface area contributed by atoms with E-state index in [1.165, 1.54) is 22.4 Å². The number of rotatable bonds is 6. The molecule has 4 rings (SSSR count). The fourth-order valence-corrected chi connectivity index (χ4v) is 4.19. The number of hydrogen-bond donors (Lipinski definition) is 1. The van der Waals surface area contributed by atoms with E-state index in [0.717, 1.165) is 77.2 Å². The molecule has 0 atom stereocenters. The van der Waals surface area contributed by atoms with Crippen LogP contribution < -0.4 is 15.1 Å². The van der Waals surface area contributed by atoms with Crippen molar-refractivity contribution in [2.45, 2.75) is 34.1 Å². The van der Waals surface area contributed by atoms with Crippen LogP contribution in [-0.4, -0.2) is 64.1 Å². The molecule has 2 fully saturated rings. The van der Waals surface area contributed by atoms with E-state index in [2.05, 4.69) is 73.1 Å². The van der Waals surface area contributed by atoms with Gasteiger partial charge in [-0.25, -0.2) is 4.98 Å². The van der Waals surface area contributed by atoms with Crippen LogP contribution in [0.15, 0.2) is 30.3 Å². The molecule has 1 aromatic heterocycles. The summed E-state index contributed by atoms with van der Waals surface area (Å²) in [7, 11) is 0. The van der Waals surface area contributed by atoms with E-state index in [4.69, 9.17) is 14.5 Å². The third kappa shape index (κ3) is 5.93. The van der Waals surface area contributed by atoms with Crippen molar-refractivity contribution in [2.24, 2.45) is 5.41 Å². The topological polar surface area (TPSA) is 49.9 Å². The fraction of sp³-hybridized carbons (Fsp3) is 0.577. The first-order valence-corrected chi connectivity index (χ1v) is 11.9. The van der Waals surface area contributed by atoms with Crippen molar-refractivity contribution in [2.75, 3.05) is 74.3 Å². The number of anilines is 3. The molecule has 174 valence electrons. The minimum Gasteiger partial charge on any atom is -0.385 e. The van der Waals surface area contributed by atoms with E-state index >= 15 is 0 Å². The van der Waals surface area contributed by atoms with Crippen LogP contribution >= 0.6 is 0 Å². The Hall–Kier alpha value is -2.31. The van der Waals surface area contributed by atoms with Crippen molar-refractivity contribution in [1.82, 2.24) is 4.98 Å². The Labute approximate surface area is 192 Å². The molecule has 0 saturated carbocycles. The summed E-state index contributed by atoms with van der Waals surface area (Å²) in [6.45, 7) is 16.6. The second-order valence-electron chi connectivity index (χ2n) is 10.0. The highest BCUT2D eigenvalue weighted by Gasteiger charge is 2.19. The quantitative estimate of drug-likeness (QED) is 0.713. The number of aryl methyl sites for hydroxylation is 1. The minimum atomic E-state index is 0.325. The number of benzene rings is 1. The molecule has 3 heterocycles. The molecule has 32 heavy (non-hydrogen) atoms. The van der Waals surface area contributed by atoms with E-state index in [9.17, 15) is 0 Å². The van der Waals surface area contributed by atoms with Gasteiger partial charge in [-0.2, -0.15) is 0 Å². The molecule has 0 spiro atoms. The zero-order valence-electron chi connectivity index (χ0n) is 20.1. The van der Waals surface area contributed by atoms with Gasteiger partial charge < -0.3 is 24.6 Å². The van der Waals surface area contributed by atoms with Gasteiger partial charge >= 0.3 is 0 Å². The van der Waals surface area contributed by atoms with Gasteiger partial charge in [-0.15, -0.1) is 0 Å². The van der Waals surface area contributed by atoms with E-state index in [1.807, 2.05) is 0 Å². The Bertz CT molecular complexity index is 861. The maximum atomic E-state index is 5.57. The van der Waals surface area contributed by atoms with Crippen LogP contribution in [0.2, 0.25) is 0 Å². The van der Waals surface area contributed by atoms with Crippen LogP contribution in [0.5, 0.6) is 0 Å². The van der Waals surface area contributed by atoms with Gasteiger partial charge in [0.2, 0.25) is 0 Å². The SMILES string of the molecule is Cc1ccc(NCCC(C)(C)C)cc1-c1cc(N2CCOCC2)nc(N2CCOCC2)c1. The smallest absolute Gasteiger partial charge is 0.131 e. The molecule has 2 saturated heterocycles. The highest BCUT2D eigenvalue weighted by molar-refractivity contribution is 5.76. The number of pyridine rings is 1. The Morgan fingerprint density at radius 1 is 0.875 bits per heavy atom. The third-order valence-electron chi connectivity index (χ3n) is 6.22. The summed E-state index contributed by atoms with van der Waals surface area (Å²) in [5, 5.41) is 3.63. The largest absolute Gasteiger partial charge is 0.385 e. The molecule has 2 aliphatic rings. The van der Waals surface area contributed by atoms with Gasteiger partial charge in [0.25, 0.3) is 0 Å². The van der Waals surface area contributed by atoms with E-state index < -0.39 is 0 Å². The van der Waals surface area contributed by atoms with Gasteiger partial charge in [0.15, 0.2) is 0 Å². The predicted octanol–water partition coefficient (Wildman–Crippen LogP) is 4.58. The number of nitrogens with zero attached hydrogens (tertiary/aromatic N) is 3. The fourth-order valence-electron chi connectivity index (χ4n) is 4.19. The Morgan fingerprint density at radius 3 is 1.97 bits per heavy atom. The normalized spacial score (nSPS) is 17.5. The maximum Gasteiger partial charge on any atom is 0.131 e. The van der Waals surface area contributed by atoms with Crippen molar-refractivity contribution < 1.29 is 9.47 Å². The first-order chi connectivity index (χ1) is 15.4. The summed E-state index contributed by atoms with van der Waals surface area (Å²) in [6, 6.07) is 11.2. The van der Waals surface area contributed by atoms with E-state index in [0.29, 0.717) is 5.41 Å². The molecular weight excluding hydrogens is 400 g/mol. The Balaban J connectivity index is 1.65. The molecule has 6 nitrogen and oxygen atoms in total. The van der Waals surface area contributed by atoms with Crippen LogP contribution in [0.25, 0.3) is 11.1 Å². The lowest BCUT2D eigenvalue weighted by Gasteiger charge is -2.32. The average molecular weight is 439 g/mol. The Morgan fingerprint density at radius 2 is 1.44 bits per heavy atom. The number of nitrogens with one attached hydrogen (secondary N) is 1. The molecule has 0 bridgehead atoms. The van der Waals surface area contributed by atoms with Gasteiger partial charge in [0.05, 0.1) is 26.4 Å². The zero-order valence-corrected chi connectivity index (χ0v) is 20.1. The predicted molar refractivity (Wildman–Crippen MR) is 133 cm³/mol. The number of hydrogen-bond acceptors (Lipinski definition) is 6. The minimum absolute atomic E-state index is 0.325. The standard InChI is InChI=1S/C26H38N4O2/c1-20-5-6-22(27-8-7-26(2,3)4)19-23(20)21-17-24(29-9-13-31-14-10-29)28-25(18-21)30-11-15-32-16-12-30/h5-6,17-19,27H,7-16H2,1-4H3. The zero-order chi connectivity index (χ0) is 22.6. The molecule has 2 aromatic rings. The summed E-state index contributed by atoms with van der Waals surface area (Å²) in [5.74, 6) is 2.08. The second kappa shape index (κ2) is 10.1. The lowest BCUT2D eigenvalue weighted by atomic mass is 9.92. The van der Waals surface area contributed by atoms with Crippen LogP contribution in [0, 0.1) is 12.3 Å². The van der Waals surface area contributed by atoms with Gasteiger partial charge in [0, 0.05) is 38.4 Å². The molecule has 2 aliphatic heterocycles. The highest BCUT2D eigenvalue weighted by atomic mass is 16.5. The summed E-state index contributed by atoms with van der Waals surface area (Å²) < 4.78 is 11.1. The van der Waals surface area contributed by atoms with Gasteiger partial charge in [0.1, 0.15) is 11.6 Å². The number of aromatic nitrogens is 1. The molecular formula is C26H38N4O2. The summed E-state index contributed by atoms with van der Waals surface area (Å²) in [5.41, 5.74) is 5.26. The summed E-state index contributed by atoms with van der Waals surface area (Å²) in [4.78, 5) is 9.75. The van der Waals surface area contributed by atoms with Crippen LogP contribution in [0.1, 0.15) is 32.8 Å². The molecule has 1 aromatic carbocycles. The van der Waals surface area contributed by atoms with Crippen molar-refractivity contribution in [3.05, 3.63) is 35.9 Å². The van der Waals surface area contributed by atoms with Gasteiger partial charge in [-0.05, 0) is 59.7 Å². The van der Waals surface area contributed by atoms with Crippen molar-refractivity contribution in [3.8, 4) is 11.1 Å². The lowest BCUT2D eigenvalue weighted by molar-refractivity contribution is 0.121. The molecule has 1 N–H and O–H groups in total. The van der Waals surface area contributed by atoms with E-state index in [-0.39, 0.29) is 0 Å². The molecule has 0 aliphatic carbocycles. The number of ether oxygens (including phenoxy) is 2. The van der Waals surface area contributed by atoms with Crippen LogP contribution in [0.4, 0.5) is 17.3 Å². The van der Waals surface area contributed by atoms with E-state index in [1.54, 1.807) is 0 Å². The molecule has 0 radical (unpaired) electrons. The van der Waals surface area contributed by atoms with Crippen LogP contribution in [0.3, 0.4) is 0 Å². The van der Waals surface area contributed by atoms with Crippen LogP contribution in [-0.2, 0) is 9.47 Å². The third-order valence-corrected chi connectivity index (χ3v) is 6.22. The van der Waals surface area contributed by atoms with Crippen molar-refractivity contribution >= 4 is 17.3 Å². The Kier molecular flexibility index (Phi) is 7.21. The highest BCUT2D eigenvalue weighted by Crippen LogP contribution is 2.33.